The lowest BCUT2D eigenvalue weighted by atomic mass is 9.92. The Morgan fingerprint density at radius 2 is 1.88 bits per heavy atom. The van der Waals surface area contributed by atoms with Crippen LogP contribution in [-0.2, 0) is 14.5 Å². The largest absolute Gasteiger partial charge is 0.456 e. The molecule has 0 spiro atoms. The molecule has 1 saturated heterocycles. The SMILES string of the molecule is C=S(=O)(c1cccc(Oc2ccccc2Cl)c1)N1CCC[C@H](C(=O)NC2CCC(O)CC2)C1. The quantitative estimate of drug-likeness (QED) is 0.593. The average Bonchev–Trinajstić information content (AvgIpc) is 2.82. The topological polar surface area (TPSA) is 78.9 Å². The van der Waals surface area contributed by atoms with Crippen LogP contribution in [0.3, 0.4) is 0 Å². The third kappa shape index (κ3) is 5.90. The van der Waals surface area contributed by atoms with E-state index in [-0.39, 0.29) is 24.0 Å². The van der Waals surface area contributed by atoms with Gasteiger partial charge in [-0.05, 0) is 74.7 Å². The molecule has 1 aliphatic carbocycles. The number of piperidine rings is 1. The lowest BCUT2D eigenvalue weighted by Crippen LogP contribution is -2.48. The van der Waals surface area contributed by atoms with Gasteiger partial charge in [0.05, 0.1) is 26.8 Å². The summed E-state index contributed by atoms with van der Waals surface area (Å²) in [5, 5.41) is 13.3. The smallest absolute Gasteiger partial charge is 0.224 e. The van der Waals surface area contributed by atoms with E-state index in [1.807, 2.05) is 16.4 Å². The first-order chi connectivity index (χ1) is 15.8. The number of nitrogens with zero attached hydrogens (tertiary/aromatic N) is 1. The highest BCUT2D eigenvalue weighted by atomic mass is 35.5. The summed E-state index contributed by atoms with van der Waals surface area (Å²) in [6.45, 7) is 1.02. The molecule has 2 aromatic carbocycles. The van der Waals surface area contributed by atoms with E-state index in [0.29, 0.717) is 34.5 Å². The molecule has 0 aromatic heterocycles. The molecule has 1 aliphatic heterocycles. The summed E-state index contributed by atoms with van der Waals surface area (Å²) in [5.41, 5.74) is 0. The van der Waals surface area contributed by atoms with Crippen LogP contribution in [0.2, 0.25) is 5.02 Å². The lowest BCUT2D eigenvalue weighted by molar-refractivity contribution is -0.127. The minimum Gasteiger partial charge on any atom is -0.456 e. The second-order valence-corrected chi connectivity index (χ2v) is 11.6. The highest BCUT2D eigenvalue weighted by molar-refractivity contribution is 7.98. The highest BCUT2D eigenvalue weighted by Crippen LogP contribution is 2.31. The monoisotopic (exact) mass is 490 g/mol. The van der Waals surface area contributed by atoms with E-state index in [2.05, 4.69) is 11.2 Å². The number of carbonyl (C=O) groups excluding carboxylic acids is 1. The number of rotatable bonds is 6. The number of amides is 1. The zero-order valence-electron chi connectivity index (χ0n) is 18.6. The second-order valence-electron chi connectivity index (χ2n) is 8.89. The normalized spacial score (nSPS) is 25.7. The molecular formula is C25H31ClN2O4S. The molecule has 2 aliphatic rings. The van der Waals surface area contributed by atoms with Crippen molar-refractivity contribution >= 4 is 33.1 Å². The number of aliphatic hydroxyl groups excluding tert-OH is 1. The number of aliphatic hydroxyl groups is 1. The third-order valence-corrected chi connectivity index (χ3v) is 8.92. The highest BCUT2D eigenvalue weighted by Gasteiger charge is 2.32. The molecule has 0 radical (unpaired) electrons. The Bertz CT molecular complexity index is 1080. The van der Waals surface area contributed by atoms with Gasteiger partial charge >= 0.3 is 0 Å². The Hall–Kier alpha value is -2.06. The average molecular weight is 491 g/mol. The summed E-state index contributed by atoms with van der Waals surface area (Å²) in [4.78, 5) is 13.5. The van der Waals surface area contributed by atoms with Crippen molar-refractivity contribution < 1.29 is 18.8 Å². The number of nitrogens with one attached hydrogen (secondary N) is 1. The standard InChI is InChI=1S/C25H31ClN2O4S/c1-33(31,22-8-4-7-21(16-22)32-24-10-3-2-9-23(24)26)28-15-5-6-18(17-28)25(30)27-19-11-13-20(29)14-12-19/h2-4,7-10,16,18-20,29H,1,5-6,11-15,17H2,(H,27,30)/t18-,19?,20?,33?/m0/s1. The molecule has 4 rings (SSSR count). The van der Waals surface area contributed by atoms with E-state index >= 15 is 0 Å². The van der Waals surface area contributed by atoms with Gasteiger partial charge in [0.2, 0.25) is 5.91 Å². The van der Waals surface area contributed by atoms with Crippen LogP contribution in [-0.4, -0.2) is 50.6 Å². The van der Waals surface area contributed by atoms with E-state index in [1.165, 1.54) is 0 Å². The van der Waals surface area contributed by atoms with Crippen molar-refractivity contribution in [2.24, 2.45) is 5.92 Å². The molecule has 1 saturated carbocycles. The van der Waals surface area contributed by atoms with Gasteiger partial charge in [-0.2, -0.15) is 0 Å². The molecule has 0 bridgehead atoms. The van der Waals surface area contributed by atoms with Crippen LogP contribution < -0.4 is 10.1 Å². The number of para-hydroxylation sites is 1. The summed E-state index contributed by atoms with van der Waals surface area (Å²) in [5.74, 6) is 4.90. The molecule has 1 heterocycles. The van der Waals surface area contributed by atoms with Crippen molar-refractivity contribution in [1.29, 1.82) is 0 Å². The van der Waals surface area contributed by atoms with Gasteiger partial charge in [0.15, 0.2) is 0 Å². The van der Waals surface area contributed by atoms with Crippen LogP contribution in [0.4, 0.5) is 0 Å². The molecule has 2 fully saturated rings. The van der Waals surface area contributed by atoms with Crippen molar-refractivity contribution in [2.75, 3.05) is 13.1 Å². The van der Waals surface area contributed by atoms with Crippen LogP contribution in [0.25, 0.3) is 0 Å². The van der Waals surface area contributed by atoms with Crippen LogP contribution in [0, 0.1) is 5.92 Å². The molecule has 1 unspecified atom stereocenters. The number of hydrogen-bond acceptors (Lipinski definition) is 4. The molecule has 178 valence electrons. The number of carbonyl (C=O) groups is 1. The Balaban J connectivity index is 1.43. The summed E-state index contributed by atoms with van der Waals surface area (Å²) in [7, 11) is -2.79. The van der Waals surface area contributed by atoms with E-state index in [0.717, 1.165) is 38.5 Å². The number of hydrogen-bond donors (Lipinski definition) is 2. The van der Waals surface area contributed by atoms with Crippen LogP contribution in [0.5, 0.6) is 11.5 Å². The molecule has 6 nitrogen and oxygen atoms in total. The molecular weight excluding hydrogens is 460 g/mol. The molecule has 2 aromatic rings. The van der Waals surface area contributed by atoms with Gasteiger partial charge in [0.25, 0.3) is 0 Å². The van der Waals surface area contributed by atoms with Gasteiger partial charge in [-0.1, -0.05) is 29.8 Å². The molecule has 2 atom stereocenters. The predicted octanol–water partition coefficient (Wildman–Crippen LogP) is 4.25. The molecule has 8 heteroatoms. The van der Waals surface area contributed by atoms with Crippen molar-refractivity contribution in [1.82, 2.24) is 9.62 Å². The molecule has 2 N–H and O–H groups in total. The zero-order valence-corrected chi connectivity index (χ0v) is 20.2. The number of ether oxygens (including phenoxy) is 1. The van der Waals surface area contributed by atoms with Crippen LogP contribution >= 0.6 is 11.6 Å². The van der Waals surface area contributed by atoms with Crippen molar-refractivity contribution in [3.63, 3.8) is 0 Å². The first-order valence-corrected chi connectivity index (χ1v) is 13.5. The minimum absolute atomic E-state index is 0.00657. The van der Waals surface area contributed by atoms with E-state index in [4.69, 9.17) is 16.3 Å². The number of halogens is 1. The summed E-state index contributed by atoms with van der Waals surface area (Å²) in [6, 6.07) is 14.4. The van der Waals surface area contributed by atoms with Crippen molar-refractivity contribution in [3.05, 3.63) is 53.6 Å². The van der Waals surface area contributed by atoms with E-state index in [9.17, 15) is 14.1 Å². The van der Waals surface area contributed by atoms with Gasteiger partial charge in [0.1, 0.15) is 11.5 Å². The van der Waals surface area contributed by atoms with Gasteiger partial charge in [-0.25, -0.2) is 8.51 Å². The van der Waals surface area contributed by atoms with Crippen LogP contribution in [0.1, 0.15) is 38.5 Å². The van der Waals surface area contributed by atoms with Gasteiger partial charge < -0.3 is 15.2 Å². The first-order valence-electron chi connectivity index (χ1n) is 11.5. The maximum atomic E-state index is 13.8. The fourth-order valence-electron chi connectivity index (χ4n) is 4.50. The molecule has 1 amide bonds. The third-order valence-electron chi connectivity index (χ3n) is 6.45. The Morgan fingerprint density at radius 1 is 1.12 bits per heavy atom. The van der Waals surface area contributed by atoms with Crippen molar-refractivity contribution in [2.45, 2.75) is 55.6 Å². The van der Waals surface area contributed by atoms with Crippen molar-refractivity contribution in [3.8, 4) is 11.5 Å². The Morgan fingerprint density at radius 3 is 2.64 bits per heavy atom. The predicted molar refractivity (Wildman–Crippen MR) is 132 cm³/mol. The zero-order chi connectivity index (χ0) is 23.4. The van der Waals surface area contributed by atoms with Crippen LogP contribution in [0.15, 0.2) is 53.4 Å². The fraction of sp³-hybridized carbons (Fsp3) is 0.440. The Labute approximate surface area is 201 Å². The van der Waals surface area contributed by atoms with Gasteiger partial charge in [-0.3, -0.25) is 4.79 Å². The molecule has 33 heavy (non-hydrogen) atoms. The second kappa shape index (κ2) is 10.5. The fourth-order valence-corrected chi connectivity index (χ4v) is 6.41. The van der Waals surface area contributed by atoms with E-state index in [1.54, 1.807) is 36.4 Å². The Kier molecular flexibility index (Phi) is 7.64. The van der Waals surface area contributed by atoms with Gasteiger partial charge in [0, 0.05) is 24.0 Å². The maximum absolute atomic E-state index is 13.8. The summed E-state index contributed by atoms with van der Waals surface area (Å²) < 4.78 is 21.5. The first kappa shape index (κ1) is 24.1. The van der Waals surface area contributed by atoms with E-state index < -0.39 is 9.71 Å². The summed E-state index contributed by atoms with van der Waals surface area (Å²) >= 11 is 6.20. The maximum Gasteiger partial charge on any atom is 0.224 e. The van der Waals surface area contributed by atoms with Gasteiger partial charge in [-0.15, -0.1) is 0 Å². The number of benzene rings is 2. The summed E-state index contributed by atoms with van der Waals surface area (Å²) in [6.07, 6.45) is 4.34. The lowest BCUT2D eigenvalue weighted by Gasteiger charge is -2.35. The minimum atomic E-state index is -2.79.